The van der Waals surface area contributed by atoms with Gasteiger partial charge >= 0.3 is 0 Å². The first-order chi connectivity index (χ1) is 16.9. The van der Waals surface area contributed by atoms with E-state index in [4.69, 9.17) is 20.4 Å². The number of fused-ring (bicyclic) bond motifs is 11. The van der Waals surface area contributed by atoms with Gasteiger partial charge in [0, 0.05) is 28.4 Å². The molecule has 0 aliphatic heterocycles. The maximum absolute atomic E-state index is 7.00. The standard InChI is InChI=1S/C26H16.4CH4O/c1-5-13-21-17(9-1)18-10-2-6-14-22(18)26-24-16-8-4-12-20(24)19-11-3-7-15-23(19)25(21)26;4*1-2/h1-16H;4*2H,1H3. The van der Waals surface area contributed by atoms with Gasteiger partial charge in [-0.15, -0.1) is 0 Å². The number of rotatable bonds is 0. The lowest BCUT2D eigenvalue weighted by molar-refractivity contribution is 0.399. The molecule has 4 nitrogen and oxygen atoms in total. The summed E-state index contributed by atoms with van der Waals surface area (Å²) in [5, 5.41) is 41.4. The molecule has 4 heteroatoms. The van der Waals surface area contributed by atoms with Gasteiger partial charge in [-0.25, -0.2) is 0 Å². The fourth-order valence-corrected chi connectivity index (χ4v) is 4.57. The Morgan fingerprint density at radius 2 is 0.412 bits per heavy atom. The van der Waals surface area contributed by atoms with E-state index in [1.165, 1.54) is 53.9 Å². The van der Waals surface area contributed by atoms with Crippen molar-refractivity contribution in [3.63, 3.8) is 0 Å². The van der Waals surface area contributed by atoms with E-state index in [1.807, 2.05) is 0 Å². The summed E-state index contributed by atoms with van der Waals surface area (Å²) in [4.78, 5) is 0. The third-order valence-corrected chi connectivity index (χ3v) is 5.62. The second kappa shape index (κ2) is 13.2. The van der Waals surface area contributed by atoms with Gasteiger partial charge in [-0.05, 0) is 53.9 Å². The van der Waals surface area contributed by atoms with Gasteiger partial charge in [0.25, 0.3) is 0 Å². The van der Waals surface area contributed by atoms with Crippen LogP contribution in [0.3, 0.4) is 0 Å². The lowest BCUT2D eigenvalue weighted by Crippen LogP contribution is -1.87. The highest BCUT2D eigenvalue weighted by molar-refractivity contribution is 6.39. The molecular weight excluding hydrogens is 424 g/mol. The smallest absolute Gasteiger partial charge is 0.0319 e. The maximum atomic E-state index is 7.00. The Kier molecular flexibility index (Phi) is 10.4. The van der Waals surface area contributed by atoms with Gasteiger partial charge in [0.2, 0.25) is 0 Å². The molecule has 34 heavy (non-hydrogen) atoms. The SMILES string of the molecule is CO.CO.CO.CO.c1ccc2c(c1)c1ccccc1c1c3ccccc3c3ccccc3c21. The number of aliphatic hydroxyl groups excluding tert-OH is 4. The van der Waals surface area contributed by atoms with E-state index in [9.17, 15) is 0 Å². The molecule has 0 aromatic heterocycles. The number of benzene rings is 6. The van der Waals surface area contributed by atoms with Crippen molar-refractivity contribution in [1.29, 1.82) is 0 Å². The van der Waals surface area contributed by atoms with Crippen molar-refractivity contribution in [3.8, 4) is 0 Å². The highest BCUT2D eigenvalue weighted by Crippen LogP contribution is 2.43. The summed E-state index contributed by atoms with van der Waals surface area (Å²) in [6.07, 6.45) is 0. The molecule has 6 aromatic rings. The van der Waals surface area contributed by atoms with E-state index in [2.05, 4.69) is 97.1 Å². The Bertz CT molecular complexity index is 1270. The zero-order valence-electron chi connectivity index (χ0n) is 20.0. The average molecular weight is 457 g/mol. The van der Waals surface area contributed by atoms with Crippen LogP contribution in [0.1, 0.15) is 0 Å². The summed E-state index contributed by atoms with van der Waals surface area (Å²) in [6, 6.07) is 35.3. The van der Waals surface area contributed by atoms with Crippen molar-refractivity contribution >= 4 is 53.9 Å². The van der Waals surface area contributed by atoms with Crippen molar-refractivity contribution in [2.45, 2.75) is 0 Å². The zero-order chi connectivity index (χ0) is 25.1. The van der Waals surface area contributed by atoms with Crippen LogP contribution in [0.25, 0.3) is 53.9 Å². The van der Waals surface area contributed by atoms with Crippen LogP contribution in [-0.4, -0.2) is 48.9 Å². The summed E-state index contributed by atoms with van der Waals surface area (Å²) < 4.78 is 0. The highest BCUT2D eigenvalue weighted by Gasteiger charge is 2.14. The molecule has 0 aliphatic rings. The third-order valence-electron chi connectivity index (χ3n) is 5.62. The first kappa shape index (κ1) is 26.7. The number of hydrogen-bond donors (Lipinski definition) is 4. The van der Waals surface area contributed by atoms with Crippen LogP contribution in [-0.2, 0) is 0 Å². The lowest BCUT2D eigenvalue weighted by Gasteiger charge is -2.16. The minimum absolute atomic E-state index is 1.00. The molecule has 0 atom stereocenters. The van der Waals surface area contributed by atoms with Crippen LogP contribution in [0, 0.1) is 0 Å². The Hall–Kier alpha value is -3.54. The maximum Gasteiger partial charge on any atom is 0.0319 e. The molecule has 0 heterocycles. The van der Waals surface area contributed by atoms with Crippen molar-refractivity contribution < 1.29 is 20.4 Å². The molecular formula is C30H32O4. The lowest BCUT2D eigenvalue weighted by atomic mass is 9.87. The first-order valence-corrected chi connectivity index (χ1v) is 10.8. The Labute approximate surface area is 199 Å². The molecule has 0 amide bonds. The zero-order valence-corrected chi connectivity index (χ0v) is 20.0. The van der Waals surface area contributed by atoms with Crippen molar-refractivity contribution in [2.24, 2.45) is 0 Å². The fourth-order valence-electron chi connectivity index (χ4n) is 4.57. The Morgan fingerprint density at radius 1 is 0.265 bits per heavy atom. The van der Waals surface area contributed by atoms with Crippen LogP contribution in [0.15, 0.2) is 97.1 Å². The average Bonchev–Trinajstić information content (AvgIpc) is 2.97. The van der Waals surface area contributed by atoms with E-state index < -0.39 is 0 Å². The van der Waals surface area contributed by atoms with E-state index in [1.54, 1.807) is 0 Å². The quantitative estimate of drug-likeness (QED) is 0.215. The monoisotopic (exact) mass is 456 g/mol. The molecule has 0 spiro atoms. The Morgan fingerprint density at radius 3 is 0.588 bits per heavy atom. The van der Waals surface area contributed by atoms with Crippen molar-refractivity contribution in [2.75, 3.05) is 28.4 Å². The molecule has 6 aromatic carbocycles. The number of aliphatic hydroxyl groups is 4. The minimum Gasteiger partial charge on any atom is -0.400 e. The summed E-state index contributed by atoms with van der Waals surface area (Å²) in [6.45, 7) is 0. The van der Waals surface area contributed by atoms with Gasteiger partial charge in [0.05, 0.1) is 0 Å². The van der Waals surface area contributed by atoms with Gasteiger partial charge in [-0.1, -0.05) is 97.1 Å². The summed E-state index contributed by atoms with van der Waals surface area (Å²) in [7, 11) is 4.00. The topological polar surface area (TPSA) is 80.9 Å². The predicted octanol–water partition coefficient (Wildman–Crippen LogP) is 5.89. The van der Waals surface area contributed by atoms with Gasteiger partial charge in [-0.3, -0.25) is 0 Å². The van der Waals surface area contributed by atoms with Crippen LogP contribution < -0.4 is 0 Å². The van der Waals surface area contributed by atoms with Crippen molar-refractivity contribution in [1.82, 2.24) is 0 Å². The van der Waals surface area contributed by atoms with Crippen molar-refractivity contribution in [3.05, 3.63) is 97.1 Å². The third kappa shape index (κ3) is 4.58. The molecule has 0 bridgehead atoms. The van der Waals surface area contributed by atoms with Crippen LogP contribution in [0.5, 0.6) is 0 Å². The van der Waals surface area contributed by atoms with Gasteiger partial charge in [0.15, 0.2) is 0 Å². The van der Waals surface area contributed by atoms with Crippen LogP contribution in [0.4, 0.5) is 0 Å². The number of hydrogen-bond acceptors (Lipinski definition) is 4. The second-order valence-electron chi connectivity index (χ2n) is 6.93. The molecule has 0 fully saturated rings. The molecule has 0 aliphatic carbocycles. The van der Waals surface area contributed by atoms with Gasteiger partial charge < -0.3 is 20.4 Å². The molecule has 0 saturated heterocycles. The summed E-state index contributed by atoms with van der Waals surface area (Å²) in [5.74, 6) is 0. The van der Waals surface area contributed by atoms with Gasteiger partial charge in [-0.2, -0.15) is 0 Å². The largest absolute Gasteiger partial charge is 0.400 e. The molecule has 0 unspecified atom stereocenters. The normalized spacial score (nSPS) is 9.76. The summed E-state index contributed by atoms with van der Waals surface area (Å²) in [5.41, 5.74) is 0. The molecule has 6 rings (SSSR count). The second-order valence-corrected chi connectivity index (χ2v) is 6.93. The fraction of sp³-hybridized carbons (Fsp3) is 0.133. The van der Waals surface area contributed by atoms with Crippen LogP contribution in [0.2, 0.25) is 0 Å². The molecule has 176 valence electrons. The minimum atomic E-state index is 1.00. The van der Waals surface area contributed by atoms with E-state index >= 15 is 0 Å². The molecule has 4 N–H and O–H groups in total. The van der Waals surface area contributed by atoms with Crippen LogP contribution >= 0.6 is 0 Å². The summed E-state index contributed by atoms with van der Waals surface area (Å²) >= 11 is 0. The highest BCUT2D eigenvalue weighted by atomic mass is 16.2. The predicted molar refractivity (Wildman–Crippen MR) is 147 cm³/mol. The Balaban J connectivity index is 0.000000467. The van der Waals surface area contributed by atoms with E-state index in [0.717, 1.165) is 28.4 Å². The van der Waals surface area contributed by atoms with Gasteiger partial charge in [0.1, 0.15) is 0 Å². The van der Waals surface area contributed by atoms with E-state index in [-0.39, 0.29) is 0 Å². The molecule has 0 radical (unpaired) electrons. The van der Waals surface area contributed by atoms with E-state index in [0.29, 0.717) is 0 Å². The first-order valence-electron chi connectivity index (χ1n) is 10.8. The molecule has 0 saturated carbocycles.